The van der Waals surface area contributed by atoms with Gasteiger partial charge >= 0.3 is 0 Å². The van der Waals surface area contributed by atoms with Crippen molar-refractivity contribution in [1.82, 2.24) is 4.98 Å². The fourth-order valence-corrected chi connectivity index (χ4v) is 1.67. The highest BCUT2D eigenvalue weighted by atomic mass is 35.5. The van der Waals surface area contributed by atoms with E-state index in [1.807, 2.05) is 0 Å². The summed E-state index contributed by atoms with van der Waals surface area (Å²) in [5.74, 6) is 1.05. The normalized spacial score (nSPS) is 10.3. The van der Waals surface area contributed by atoms with Crippen molar-refractivity contribution in [3.8, 4) is 11.5 Å². The summed E-state index contributed by atoms with van der Waals surface area (Å²) < 4.78 is 24.1. The van der Waals surface area contributed by atoms with Crippen molar-refractivity contribution < 1.29 is 13.9 Å². The summed E-state index contributed by atoms with van der Waals surface area (Å²) in [6.45, 7) is 0.137. The molecule has 0 amide bonds. The fraction of sp³-hybridized carbons (Fsp3) is 0.214. The minimum atomic E-state index is -0.357. The smallest absolute Gasteiger partial charge is 0.138 e. The highest BCUT2D eigenvalue weighted by Crippen LogP contribution is 2.18. The maximum absolute atomic E-state index is 13.7. The molecule has 5 heteroatoms. The third kappa shape index (κ3) is 3.58. The van der Waals surface area contributed by atoms with Gasteiger partial charge in [0.1, 0.15) is 23.9 Å². The summed E-state index contributed by atoms with van der Waals surface area (Å²) in [6.07, 6.45) is 1.57. The van der Waals surface area contributed by atoms with Gasteiger partial charge in [0.2, 0.25) is 0 Å². The first-order chi connectivity index (χ1) is 9.22. The van der Waals surface area contributed by atoms with E-state index in [1.54, 1.807) is 30.5 Å². The fourth-order valence-electron chi connectivity index (χ4n) is 1.51. The highest BCUT2D eigenvalue weighted by molar-refractivity contribution is 6.16. The van der Waals surface area contributed by atoms with Crippen LogP contribution in [0.2, 0.25) is 0 Å². The second kappa shape index (κ2) is 6.38. The molecular formula is C14H13ClFNO2. The molecule has 0 spiro atoms. The number of methoxy groups -OCH3 is 1. The van der Waals surface area contributed by atoms with E-state index >= 15 is 0 Å². The summed E-state index contributed by atoms with van der Waals surface area (Å²) in [5, 5.41) is 0. The number of pyridine rings is 1. The third-order valence-corrected chi connectivity index (χ3v) is 2.86. The zero-order valence-electron chi connectivity index (χ0n) is 10.4. The molecule has 0 unspecified atom stereocenters. The maximum atomic E-state index is 13.7. The number of aromatic nitrogens is 1. The Balaban J connectivity index is 2.01. The number of rotatable bonds is 5. The van der Waals surface area contributed by atoms with E-state index in [2.05, 4.69) is 4.98 Å². The predicted molar refractivity (Wildman–Crippen MR) is 71.1 cm³/mol. The van der Waals surface area contributed by atoms with Crippen LogP contribution in [0.15, 0.2) is 36.5 Å². The minimum Gasteiger partial charge on any atom is -0.497 e. The zero-order chi connectivity index (χ0) is 13.7. The molecule has 3 nitrogen and oxygen atoms in total. The third-order valence-electron chi connectivity index (χ3n) is 2.59. The van der Waals surface area contributed by atoms with Crippen molar-refractivity contribution in [3.05, 3.63) is 53.6 Å². The predicted octanol–water partition coefficient (Wildman–Crippen LogP) is 3.55. The molecule has 0 fully saturated rings. The molecule has 0 atom stereocenters. The van der Waals surface area contributed by atoms with Crippen LogP contribution >= 0.6 is 11.6 Å². The molecule has 1 aromatic carbocycles. The van der Waals surface area contributed by atoms with Gasteiger partial charge in [0.25, 0.3) is 0 Å². The average Bonchev–Trinajstić information content (AvgIpc) is 2.46. The van der Waals surface area contributed by atoms with E-state index in [0.29, 0.717) is 22.9 Å². The van der Waals surface area contributed by atoms with E-state index < -0.39 is 0 Å². The molecule has 1 aromatic heterocycles. The molecule has 2 rings (SSSR count). The quantitative estimate of drug-likeness (QED) is 0.786. The topological polar surface area (TPSA) is 31.4 Å². The average molecular weight is 282 g/mol. The molecular weight excluding hydrogens is 269 g/mol. The lowest BCUT2D eigenvalue weighted by Crippen LogP contribution is -1.99. The second-order valence-corrected chi connectivity index (χ2v) is 4.13. The number of hydrogen-bond acceptors (Lipinski definition) is 3. The Bertz CT molecular complexity index is 546. The molecule has 0 radical (unpaired) electrons. The standard InChI is InChI=1S/C14H13ClFNO2/c1-18-12-4-2-10(14(16)6-12)9-19-13-5-3-11(7-15)17-8-13/h2-6,8H,7,9H2,1H3. The van der Waals surface area contributed by atoms with Crippen LogP contribution in [-0.4, -0.2) is 12.1 Å². The van der Waals surface area contributed by atoms with Gasteiger partial charge in [0.15, 0.2) is 0 Å². The van der Waals surface area contributed by atoms with Crippen LogP contribution in [0.1, 0.15) is 11.3 Å². The van der Waals surface area contributed by atoms with Crippen molar-refractivity contribution in [2.45, 2.75) is 12.5 Å². The van der Waals surface area contributed by atoms with Crippen molar-refractivity contribution in [1.29, 1.82) is 0 Å². The lowest BCUT2D eigenvalue weighted by atomic mass is 10.2. The Hall–Kier alpha value is -1.81. The van der Waals surface area contributed by atoms with E-state index in [0.717, 1.165) is 5.69 Å². The van der Waals surface area contributed by atoms with Crippen molar-refractivity contribution in [2.24, 2.45) is 0 Å². The first kappa shape index (κ1) is 13.6. The molecule has 19 heavy (non-hydrogen) atoms. The zero-order valence-corrected chi connectivity index (χ0v) is 11.2. The summed E-state index contributed by atoms with van der Waals surface area (Å²) >= 11 is 5.64. The van der Waals surface area contributed by atoms with E-state index in [1.165, 1.54) is 13.2 Å². The van der Waals surface area contributed by atoms with E-state index in [9.17, 15) is 4.39 Å². The first-order valence-electron chi connectivity index (χ1n) is 5.69. The van der Waals surface area contributed by atoms with Crippen LogP contribution < -0.4 is 9.47 Å². The van der Waals surface area contributed by atoms with E-state index in [-0.39, 0.29) is 12.4 Å². The highest BCUT2D eigenvalue weighted by Gasteiger charge is 2.05. The number of halogens is 2. The van der Waals surface area contributed by atoms with Crippen LogP contribution in [0.4, 0.5) is 4.39 Å². The van der Waals surface area contributed by atoms with Gasteiger partial charge in [-0.3, -0.25) is 4.98 Å². The Morgan fingerprint density at radius 2 is 2.00 bits per heavy atom. The number of ether oxygens (including phenoxy) is 2. The minimum absolute atomic E-state index is 0.137. The summed E-state index contributed by atoms with van der Waals surface area (Å²) in [7, 11) is 1.50. The summed E-state index contributed by atoms with van der Waals surface area (Å²) in [5.41, 5.74) is 1.23. The summed E-state index contributed by atoms with van der Waals surface area (Å²) in [6, 6.07) is 8.18. The molecule has 2 aromatic rings. The van der Waals surface area contributed by atoms with Gasteiger partial charge in [-0.1, -0.05) is 0 Å². The summed E-state index contributed by atoms with van der Waals surface area (Å²) in [4.78, 5) is 4.09. The largest absolute Gasteiger partial charge is 0.497 e. The van der Waals surface area contributed by atoms with Gasteiger partial charge in [-0.2, -0.15) is 0 Å². The molecule has 100 valence electrons. The van der Waals surface area contributed by atoms with Crippen LogP contribution in [0, 0.1) is 5.82 Å². The van der Waals surface area contributed by atoms with Crippen molar-refractivity contribution in [3.63, 3.8) is 0 Å². The van der Waals surface area contributed by atoms with Gasteiger partial charge in [-0.25, -0.2) is 4.39 Å². The number of nitrogens with zero attached hydrogens (tertiary/aromatic N) is 1. The molecule has 0 bridgehead atoms. The Labute approximate surface area is 115 Å². The monoisotopic (exact) mass is 281 g/mol. The maximum Gasteiger partial charge on any atom is 0.138 e. The van der Waals surface area contributed by atoms with Crippen molar-refractivity contribution >= 4 is 11.6 Å². The Kier molecular flexibility index (Phi) is 4.58. The Morgan fingerprint density at radius 3 is 2.58 bits per heavy atom. The second-order valence-electron chi connectivity index (χ2n) is 3.86. The molecule has 0 N–H and O–H groups in total. The number of hydrogen-bond donors (Lipinski definition) is 0. The lowest BCUT2D eigenvalue weighted by molar-refractivity contribution is 0.298. The molecule has 0 saturated heterocycles. The Morgan fingerprint density at radius 1 is 1.21 bits per heavy atom. The van der Waals surface area contributed by atoms with E-state index in [4.69, 9.17) is 21.1 Å². The van der Waals surface area contributed by atoms with Crippen LogP contribution in [0.25, 0.3) is 0 Å². The van der Waals surface area contributed by atoms with Gasteiger partial charge in [0, 0.05) is 11.6 Å². The van der Waals surface area contributed by atoms with Crippen LogP contribution in [0.3, 0.4) is 0 Å². The molecule has 1 heterocycles. The number of benzene rings is 1. The first-order valence-corrected chi connectivity index (χ1v) is 6.22. The van der Waals surface area contributed by atoms with Crippen LogP contribution in [-0.2, 0) is 12.5 Å². The van der Waals surface area contributed by atoms with Gasteiger partial charge in [0.05, 0.1) is 24.9 Å². The molecule has 0 aliphatic rings. The van der Waals surface area contributed by atoms with Gasteiger partial charge < -0.3 is 9.47 Å². The molecule has 0 aliphatic carbocycles. The lowest BCUT2D eigenvalue weighted by Gasteiger charge is -2.08. The SMILES string of the molecule is COc1ccc(COc2ccc(CCl)nc2)c(F)c1. The van der Waals surface area contributed by atoms with Crippen molar-refractivity contribution in [2.75, 3.05) is 7.11 Å². The molecule has 0 saturated carbocycles. The molecule has 0 aliphatic heterocycles. The van der Waals surface area contributed by atoms with Gasteiger partial charge in [-0.05, 0) is 24.3 Å². The van der Waals surface area contributed by atoms with Crippen LogP contribution in [0.5, 0.6) is 11.5 Å². The van der Waals surface area contributed by atoms with Gasteiger partial charge in [-0.15, -0.1) is 11.6 Å². The number of alkyl halides is 1.